The Labute approximate surface area is 116 Å². The molecule has 0 amide bonds. The molecule has 0 aliphatic rings. The summed E-state index contributed by atoms with van der Waals surface area (Å²) in [7, 11) is -3.46. The van der Waals surface area contributed by atoms with Gasteiger partial charge in [0.05, 0.1) is 16.2 Å². The van der Waals surface area contributed by atoms with Crippen LogP contribution < -0.4 is 0 Å². The minimum absolute atomic E-state index is 0.317. The maximum absolute atomic E-state index is 12.6. The smallest absolute Gasteiger partial charge is 0.183 e. The molecule has 4 heteroatoms. The number of benzene rings is 1. The lowest BCUT2D eigenvalue weighted by Crippen LogP contribution is -2.33. The van der Waals surface area contributed by atoms with Gasteiger partial charge in [-0.3, -0.25) is 0 Å². The summed E-state index contributed by atoms with van der Waals surface area (Å²) in [5.74, 6) is 0. The van der Waals surface area contributed by atoms with Gasteiger partial charge in [-0.1, -0.05) is 26.3 Å². The van der Waals surface area contributed by atoms with Crippen molar-refractivity contribution in [1.29, 1.82) is 0 Å². The van der Waals surface area contributed by atoms with Gasteiger partial charge >= 0.3 is 0 Å². The van der Waals surface area contributed by atoms with Gasteiger partial charge in [-0.2, -0.15) is 0 Å². The van der Waals surface area contributed by atoms with Gasteiger partial charge in [-0.25, -0.2) is 8.42 Å². The quantitative estimate of drug-likeness (QED) is 0.873. The van der Waals surface area contributed by atoms with Crippen LogP contribution in [0.3, 0.4) is 0 Å². The number of hydrogen-bond acceptors (Lipinski definition) is 3. The average Bonchev–Trinajstić information content (AvgIpc) is 2.33. The molecule has 1 N–H and O–H groups in total. The highest BCUT2D eigenvalue weighted by atomic mass is 32.2. The third-order valence-electron chi connectivity index (χ3n) is 3.62. The van der Waals surface area contributed by atoms with E-state index in [1.54, 1.807) is 12.1 Å². The highest BCUT2D eigenvalue weighted by molar-refractivity contribution is 7.92. The van der Waals surface area contributed by atoms with E-state index in [0.717, 1.165) is 17.5 Å². The lowest BCUT2D eigenvalue weighted by Gasteiger charge is -2.22. The minimum atomic E-state index is -3.46. The van der Waals surface area contributed by atoms with Gasteiger partial charge in [0.25, 0.3) is 0 Å². The Hall–Kier alpha value is -0.870. The molecule has 1 aromatic carbocycles. The van der Waals surface area contributed by atoms with E-state index in [4.69, 9.17) is 0 Å². The molecule has 0 aliphatic heterocycles. The third kappa shape index (κ3) is 3.57. The Morgan fingerprint density at radius 2 is 1.79 bits per heavy atom. The summed E-state index contributed by atoms with van der Waals surface area (Å²) >= 11 is 0. The molecule has 0 heterocycles. The fourth-order valence-corrected chi connectivity index (χ4v) is 4.18. The van der Waals surface area contributed by atoms with Gasteiger partial charge in [0.15, 0.2) is 9.84 Å². The first-order valence-electron chi connectivity index (χ1n) is 6.83. The van der Waals surface area contributed by atoms with Gasteiger partial charge in [0.1, 0.15) is 0 Å². The molecule has 0 aliphatic carbocycles. The van der Waals surface area contributed by atoms with Crippen LogP contribution in [0.2, 0.25) is 0 Å². The van der Waals surface area contributed by atoms with Crippen LogP contribution in [0.5, 0.6) is 0 Å². The van der Waals surface area contributed by atoms with Crippen LogP contribution in [0.1, 0.15) is 44.2 Å². The predicted molar refractivity (Wildman–Crippen MR) is 78.1 cm³/mol. The first kappa shape index (κ1) is 16.2. The highest BCUT2D eigenvalue weighted by Crippen LogP contribution is 2.24. The molecule has 0 bridgehead atoms. The lowest BCUT2D eigenvalue weighted by molar-refractivity contribution is 0.155. The van der Waals surface area contributed by atoms with Crippen LogP contribution in [-0.2, 0) is 9.84 Å². The van der Waals surface area contributed by atoms with E-state index in [0.29, 0.717) is 17.7 Å². The number of aliphatic hydroxyl groups is 1. The zero-order valence-corrected chi connectivity index (χ0v) is 13.0. The van der Waals surface area contributed by atoms with Crippen molar-refractivity contribution in [2.24, 2.45) is 0 Å². The number of hydrogen-bond donors (Lipinski definition) is 1. The molecule has 0 spiro atoms. The lowest BCUT2D eigenvalue weighted by atomic mass is 10.1. The van der Waals surface area contributed by atoms with Gasteiger partial charge in [0, 0.05) is 0 Å². The van der Waals surface area contributed by atoms with E-state index in [1.807, 2.05) is 33.8 Å². The molecule has 0 aromatic heterocycles. The second-order valence-electron chi connectivity index (χ2n) is 5.09. The maximum Gasteiger partial charge on any atom is 0.183 e. The monoisotopic (exact) mass is 284 g/mol. The third-order valence-corrected chi connectivity index (χ3v) is 5.98. The summed E-state index contributed by atoms with van der Waals surface area (Å²) in [6.07, 6.45) is 0.931. The number of sulfone groups is 1. The first-order valence-corrected chi connectivity index (χ1v) is 8.38. The van der Waals surface area contributed by atoms with Crippen molar-refractivity contribution in [3.8, 4) is 0 Å². The summed E-state index contributed by atoms with van der Waals surface area (Å²) < 4.78 is 25.2. The molecular weight excluding hydrogens is 260 g/mol. The molecule has 3 nitrogen and oxygen atoms in total. The van der Waals surface area contributed by atoms with Gasteiger partial charge in [-0.05, 0) is 49.9 Å². The van der Waals surface area contributed by atoms with Crippen LogP contribution in [0.15, 0.2) is 23.1 Å². The van der Waals surface area contributed by atoms with Crippen molar-refractivity contribution in [2.45, 2.75) is 63.2 Å². The first-order chi connectivity index (χ1) is 8.84. The molecule has 0 saturated carbocycles. The van der Waals surface area contributed by atoms with Crippen molar-refractivity contribution >= 4 is 9.84 Å². The van der Waals surface area contributed by atoms with Crippen molar-refractivity contribution in [3.05, 3.63) is 29.3 Å². The van der Waals surface area contributed by atoms with Crippen molar-refractivity contribution < 1.29 is 13.5 Å². The molecule has 0 radical (unpaired) electrons. The predicted octanol–water partition coefficient (Wildman–Crippen LogP) is 3.02. The van der Waals surface area contributed by atoms with E-state index in [1.165, 1.54) is 0 Å². The fourth-order valence-electron chi connectivity index (χ4n) is 2.25. The molecule has 108 valence electrons. The normalized spacial score (nSPS) is 15.2. The van der Waals surface area contributed by atoms with Gasteiger partial charge < -0.3 is 5.11 Å². The maximum atomic E-state index is 12.6. The van der Waals surface area contributed by atoms with E-state index in [9.17, 15) is 13.5 Å². The highest BCUT2D eigenvalue weighted by Gasteiger charge is 2.31. The van der Waals surface area contributed by atoms with Crippen molar-refractivity contribution in [3.63, 3.8) is 0 Å². The zero-order chi connectivity index (χ0) is 14.6. The Kier molecular flexibility index (Phi) is 5.56. The molecule has 0 saturated heterocycles. The van der Waals surface area contributed by atoms with Crippen LogP contribution in [0.4, 0.5) is 0 Å². The summed E-state index contributed by atoms with van der Waals surface area (Å²) in [5, 5.41) is 9.34. The summed E-state index contributed by atoms with van der Waals surface area (Å²) in [5.41, 5.74) is 2.03. The fraction of sp³-hybridized carbons (Fsp3) is 0.600. The van der Waals surface area contributed by atoms with E-state index >= 15 is 0 Å². The second-order valence-corrected chi connectivity index (χ2v) is 7.26. The van der Waals surface area contributed by atoms with Crippen LogP contribution in [0.25, 0.3) is 0 Å². The second kappa shape index (κ2) is 6.53. The van der Waals surface area contributed by atoms with E-state index in [2.05, 4.69) is 0 Å². The summed E-state index contributed by atoms with van der Waals surface area (Å²) in [6.45, 7) is 7.60. The number of aryl methyl sites for hydroxylation is 2. The Balaban J connectivity index is 3.16. The summed E-state index contributed by atoms with van der Waals surface area (Å²) in [4.78, 5) is 0.317. The van der Waals surface area contributed by atoms with Crippen molar-refractivity contribution in [2.75, 3.05) is 0 Å². The molecular formula is C15H24O3S. The molecule has 0 fully saturated rings. The molecule has 2 unspecified atom stereocenters. The van der Waals surface area contributed by atoms with E-state index < -0.39 is 21.2 Å². The largest absolute Gasteiger partial charge is 0.392 e. The number of aliphatic hydroxyl groups excluding tert-OH is 1. The summed E-state index contributed by atoms with van der Waals surface area (Å²) in [6, 6.07) is 5.16. The molecule has 2 atom stereocenters. The standard InChI is InChI=1S/C15H24O3S/c1-5-7-14(16)15(6-2)19(17,18)13-9-8-11(3)12(4)10-13/h8-10,14-16H,5-7H2,1-4H3. The Morgan fingerprint density at radius 1 is 1.16 bits per heavy atom. The molecule has 19 heavy (non-hydrogen) atoms. The Morgan fingerprint density at radius 3 is 2.26 bits per heavy atom. The van der Waals surface area contributed by atoms with Crippen molar-refractivity contribution in [1.82, 2.24) is 0 Å². The van der Waals surface area contributed by atoms with Gasteiger partial charge in [0.2, 0.25) is 0 Å². The molecule has 1 rings (SSSR count). The number of rotatable bonds is 6. The van der Waals surface area contributed by atoms with Crippen LogP contribution in [-0.4, -0.2) is 24.9 Å². The SMILES string of the molecule is CCCC(O)C(CC)S(=O)(=O)c1ccc(C)c(C)c1. The average molecular weight is 284 g/mol. The minimum Gasteiger partial charge on any atom is -0.392 e. The Bertz CT molecular complexity index is 520. The van der Waals surface area contributed by atoms with Crippen LogP contribution in [0, 0.1) is 13.8 Å². The van der Waals surface area contributed by atoms with Gasteiger partial charge in [-0.15, -0.1) is 0 Å². The molecule has 1 aromatic rings. The topological polar surface area (TPSA) is 54.4 Å². The zero-order valence-electron chi connectivity index (χ0n) is 12.2. The van der Waals surface area contributed by atoms with Crippen LogP contribution >= 0.6 is 0 Å². The van der Waals surface area contributed by atoms with E-state index in [-0.39, 0.29) is 0 Å².